The van der Waals surface area contributed by atoms with Crippen LogP contribution in [0.4, 0.5) is 0 Å². The second-order valence-corrected chi connectivity index (χ2v) is 4.87. The van der Waals surface area contributed by atoms with E-state index in [1.807, 2.05) is 0 Å². The molecule has 0 amide bonds. The van der Waals surface area contributed by atoms with E-state index >= 15 is 0 Å². The standard InChI is InChI=1S/C13H25NO2/c1-4-5-6-7-12(15)13-10-14(11(2)3)8-9-16-13/h11,13H,4-10H2,1-3H3. The number of morpholine rings is 1. The summed E-state index contributed by atoms with van der Waals surface area (Å²) in [7, 11) is 0. The number of ketones is 1. The Balaban J connectivity index is 2.32. The fraction of sp³-hybridized carbons (Fsp3) is 0.923. The van der Waals surface area contributed by atoms with Crippen molar-refractivity contribution in [1.29, 1.82) is 0 Å². The van der Waals surface area contributed by atoms with Gasteiger partial charge in [0.05, 0.1) is 6.61 Å². The van der Waals surface area contributed by atoms with Gasteiger partial charge in [0.15, 0.2) is 5.78 Å². The molecule has 3 nitrogen and oxygen atoms in total. The van der Waals surface area contributed by atoms with Crippen LogP contribution < -0.4 is 0 Å². The third-order valence-corrected chi connectivity index (χ3v) is 3.21. The van der Waals surface area contributed by atoms with Gasteiger partial charge in [0, 0.05) is 25.6 Å². The number of rotatable bonds is 6. The molecule has 1 heterocycles. The van der Waals surface area contributed by atoms with E-state index in [1.54, 1.807) is 0 Å². The van der Waals surface area contributed by atoms with Gasteiger partial charge in [-0.1, -0.05) is 19.8 Å². The molecule has 1 aliphatic rings. The lowest BCUT2D eigenvalue weighted by Crippen LogP contribution is -2.48. The van der Waals surface area contributed by atoms with Crippen molar-refractivity contribution in [2.24, 2.45) is 0 Å². The molecule has 1 unspecified atom stereocenters. The molecule has 0 aliphatic carbocycles. The number of carbonyl (C=O) groups is 1. The average molecular weight is 227 g/mol. The van der Waals surface area contributed by atoms with Crippen LogP contribution in [0, 0.1) is 0 Å². The Hall–Kier alpha value is -0.410. The molecule has 0 spiro atoms. The Kier molecular flexibility index (Phi) is 5.99. The second kappa shape index (κ2) is 7.02. The minimum Gasteiger partial charge on any atom is -0.368 e. The van der Waals surface area contributed by atoms with Gasteiger partial charge >= 0.3 is 0 Å². The fourth-order valence-electron chi connectivity index (χ4n) is 2.04. The molecule has 3 heteroatoms. The maximum absolute atomic E-state index is 11.9. The van der Waals surface area contributed by atoms with E-state index in [1.165, 1.54) is 0 Å². The van der Waals surface area contributed by atoms with Crippen molar-refractivity contribution in [3.05, 3.63) is 0 Å². The number of hydrogen-bond acceptors (Lipinski definition) is 3. The van der Waals surface area contributed by atoms with Crippen LogP contribution in [0.25, 0.3) is 0 Å². The number of nitrogens with zero attached hydrogens (tertiary/aromatic N) is 1. The van der Waals surface area contributed by atoms with Crippen LogP contribution in [0.5, 0.6) is 0 Å². The molecule has 0 aromatic carbocycles. The molecule has 94 valence electrons. The van der Waals surface area contributed by atoms with Crippen molar-refractivity contribution in [2.75, 3.05) is 19.7 Å². The van der Waals surface area contributed by atoms with Crippen LogP contribution in [0.15, 0.2) is 0 Å². The van der Waals surface area contributed by atoms with Gasteiger partial charge in [0.1, 0.15) is 6.10 Å². The molecular formula is C13H25NO2. The lowest BCUT2D eigenvalue weighted by molar-refractivity contribution is -0.137. The van der Waals surface area contributed by atoms with Crippen molar-refractivity contribution in [1.82, 2.24) is 4.90 Å². The van der Waals surface area contributed by atoms with Gasteiger partial charge in [-0.05, 0) is 20.3 Å². The molecule has 1 atom stereocenters. The molecule has 1 fully saturated rings. The van der Waals surface area contributed by atoms with Crippen molar-refractivity contribution in [3.63, 3.8) is 0 Å². The summed E-state index contributed by atoms with van der Waals surface area (Å²) in [5.74, 6) is 0.291. The van der Waals surface area contributed by atoms with Crippen LogP contribution in [0.3, 0.4) is 0 Å². The summed E-state index contributed by atoms with van der Waals surface area (Å²) < 4.78 is 5.56. The fourth-order valence-corrected chi connectivity index (χ4v) is 2.04. The van der Waals surface area contributed by atoms with Crippen LogP contribution in [0.2, 0.25) is 0 Å². The number of Topliss-reactive ketones (excluding diaryl/α,β-unsaturated/α-hetero) is 1. The van der Waals surface area contributed by atoms with E-state index in [0.717, 1.165) is 32.4 Å². The first-order valence-corrected chi connectivity index (χ1v) is 6.53. The first-order valence-electron chi connectivity index (χ1n) is 6.53. The topological polar surface area (TPSA) is 29.5 Å². The maximum atomic E-state index is 11.9. The van der Waals surface area contributed by atoms with E-state index in [9.17, 15) is 4.79 Å². The number of unbranched alkanes of at least 4 members (excludes halogenated alkanes) is 2. The zero-order valence-corrected chi connectivity index (χ0v) is 10.9. The SMILES string of the molecule is CCCCCC(=O)C1CN(C(C)C)CCO1. The highest BCUT2D eigenvalue weighted by Crippen LogP contribution is 2.12. The lowest BCUT2D eigenvalue weighted by atomic mass is 10.1. The Bertz CT molecular complexity index is 216. The van der Waals surface area contributed by atoms with Gasteiger partial charge in [-0.2, -0.15) is 0 Å². The van der Waals surface area contributed by atoms with Crippen LogP contribution in [-0.4, -0.2) is 42.5 Å². The quantitative estimate of drug-likeness (QED) is 0.652. The van der Waals surface area contributed by atoms with E-state index in [4.69, 9.17) is 4.74 Å². The smallest absolute Gasteiger partial charge is 0.162 e. The van der Waals surface area contributed by atoms with Crippen molar-refractivity contribution in [2.45, 2.75) is 58.6 Å². The normalized spacial score (nSPS) is 22.6. The summed E-state index contributed by atoms with van der Waals surface area (Å²) in [4.78, 5) is 14.2. The van der Waals surface area contributed by atoms with Crippen LogP contribution in [-0.2, 0) is 9.53 Å². The predicted molar refractivity (Wildman–Crippen MR) is 65.6 cm³/mol. The maximum Gasteiger partial charge on any atom is 0.162 e. The average Bonchev–Trinajstić information content (AvgIpc) is 2.29. The number of hydrogen-bond donors (Lipinski definition) is 0. The highest BCUT2D eigenvalue weighted by molar-refractivity contribution is 5.83. The zero-order valence-electron chi connectivity index (χ0n) is 10.9. The highest BCUT2D eigenvalue weighted by Gasteiger charge is 2.26. The van der Waals surface area contributed by atoms with Gasteiger partial charge in [-0.3, -0.25) is 9.69 Å². The Morgan fingerprint density at radius 2 is 2.19 bits per heavy atom. The zero-order chi connectivity index (χ0) is 12.0. The van der Waals surface area contributed by atoms with Crippen molar-refractivity contribution >= 4 is 5.78 Å². The summed E-state index contributed by atoms with van der Waals surface area (Å²) in [6.45, 7) is 8.93. The first-order chi connectivity index (χ1) is 7.65. The predicted octanol–water partition coefficient (Wildman–Crippen LogP) is 2.25. The monoisotopic (exact) mass is 227 g/mol. The minimum atomic E-state index is -0.173. The van der Waals surface area contributed by atoms with Gasteiger partial charge in [0.25, 0.3) is 0 Å². The Labute approximate surface area is 99.1 Å². The summed E-state index contributed by atoms with van der Waals surface area (Å²) in [6.07, 6.45) is 3.83. The molecular weight excluding hydrogens is 202 g/mol. The van der Waals surface area contributed by atoms with Gasteiger partial charge in [-0.15, -0.1) is 0 Å². The lowest BCUT2D eigenvalue weighted by Gasteiger charge is -2.34. The molecule has 0 aromatic rings. The molecule has 0 N–H and O–H groups in total. The Morgan fingerprint density at radius 1 is 1.44 bits per heavy atom. The minimum absolute atomic E-state index is 0.173. The molecule has 0 radical (unpaired) electrons. The summed E-state index contributed by atoms with van der Waals surface area (Å²) in [5, 5.41) is 0. The van der Waals surface area contributed by atoms with E-state index in [2.05, 4.69) is 25.7 Å². The van der Waals surface area contributed by atoms with Crippen LogP contribution >= 0.6 is 0 Å². The van der Waals surface area contributed by atoms with Crippen molar-refractivity contribution in [3.8, 4) is 0 Å². The summed E-state index contributed by atoms with van der Waals surface area (Å²) in [6, 6.07) is 0.509. The highest BCUT2D eigenvalue weighted by atomic mass is 16.5. The number of ether oxygens (including phenoxy) is 1. The third kappa shape index (κ3) is 4.22. The van der Waals surface area contributed by atoms with Crippen LogP contribution in [0.1, 0.15) is 46.5 Å². The second-order valence-electron chi connectivity index (χ2n) is 4.87. The molecule has 0 saturated carbocycles. The molecule has 1 saturated heterocycles. The van der Waals surface area contributed by atoms with E-state index in [0.29, 0.717) is 24.9 Å². The third-order valence-electron chi connectivity index (χ3n) is 3.21. The summed E-state index contributed by atoms with van der Waals surface area (Å²) in [5.41, 5.74) is 0. The van der Waals surface area contributed by atoms with Crippen molar-refractivity contribution < 1.29 is 9.53 Å². The molecule has 0 bridgehead atoms. The van der Waals surface area contributed by atoms with E-state index in [-0.39, 0.29) is 6.10 Å². The van der Waals surface area contributed by atoms with Gasteiger partial charge in [0.2, 0.25) is 0 Å². The number of carbonyl (C=O) groups excluding carboxylic acids is 1. The van der Waals surface area contributed by atoms with E-state index < -0.39 is 0 Å². The molecule has 0 aromatic heterocycles. The van der Waals surface area contributed by atoms with Gasteiger partial charge in [-0.25, -0.2) is 0 Å². The molecule has 16 heavy (non-hydrogen) atoms. The Morgan fingerprint density at radius 3 is 2.81 bits per heavy atom. The molecule has 1 aliphatic heterocycles. The molecule has 1 rings (SSSR count). The van der Waals surface area contributed by atoms with Gasteiger partial charge < -0.3 is 4.74 Å². The largest absolute Gasteiger partial charge is 0.368 e. The first kappa shape index (κ1) is 13.7. The summed E-state index contributed by atoms with van der Waals surface area (Å²) >= 11 is 0.